The molecule has 2 saturated heterocycles. The molecule has 4 nitrogen and oxygen atoms in total. The lowest BCUT2D eigenvalue weighted by Crippen LogP contribution is -2.67. The Morgan fingerprint density at radius 3 is 2.37 bits per heavy atom. The summed E-state index contributed by atoms with van der Waals surface area (Å²) in [6, 6.07) is 0. The Balaban J connectivity index is 1.78. The quantitative estimate of drug-likeness (QED) is 0.258. The van der Waals surface area contributed by atoms with Gasteiger partial charge in [0, 0.05) is 31.3 Å². The number of allylic oxidation sites excluding steroid dienone is 1. The summed E-state index contributed by atoms with van der Waals surface area (Å²) in [6.45, 7) is 23.7. The third kappa shape index (κ3) is 4.08. The van der Waals surface area contributed by atoms with Crippen molar-refractivity contribution in [2.45, 2.75) is 110 Å². The second kappa shape index (κ2) is 9.85. The van der Waals surface area contributed by atoms with Gasteiger partial charge in [-0.3, -0.25) is 4.79 Å². The molecule has 0 aromatic rings. The zero-order valence-electron chi connectivity index (χ0n) is 23.7. The van der Waals surface area contributed by atoms with Gasteiger partial charge in [-0.2, -0.15) is 0 Å². The van der Waals surface area contributed by atoms with Gasteiger partial charge in [-0.1, -0.05) is 66.7 Å². The van der Waals surface area contributed by atoms with Crippen LogP contribution in [0.3, 0.4) is 0 Å². The largest absolute Gasteiger partial charge is 0.412 e. The van der Waals surface area contributed by atoms with E-state index >= 15 is 0 Å². The van der Waals surface area contributed by atoms with Gasteiger partial charge in [0.1, 0.15) is 5.78 Å². The molecule has 5 rings (SSSR count). The van der Waals surface area contributed by atoms with Crippen molar-refractivity contribution in [3.63, 3.8) is 0 Å². The van der Waals surface area contributed by atoms with Crippen molar-refractivity contribution in [3.05, 3.63) is 23.8 Å². The average Bonchev–Trinajstić information content (AvgIpc) is 3.06. The highest BCUT2D eigenvalue weighted by atomic mass is 28.4. The van der Waals surface area contributed by atoms with Gasteiger partial charge >= 0.3 is 0 Å². The average molecular weight is 503 g/mol. The predicted molar refractivity (Wildman–Crippen MR) is 145 cm³/mol. The Bertz CT molecular complexity index is 839. The van der Waals surface area contributed by atoms with Crippen LogP contribution in [-0.2, 0) is 18.7 Å². The topological polar surface area (TPSA) is 44.8 Å². The number of hydrogen-bond acceptors (Lipinski definition) is 4. The molecule has 2 aliphatic heterocycles. The van der Waals surface area contributed by atoms with Crippen LogP contribution in [0.2, 0.25) is 16.6 Å². The van der Waals surface area contributed by atoms with E-state index in [1.54, 1.807) is 7.11 Å². The van der Waals surface area contributed by atoms with E-state index in [2.05, 4.69) is 68.0 Å². The molecule has 3 aliphatic carbocycles. The summed E-state index contributed by atoms with van der Waals surface area (Å²) in [7, 11) is -0.232. The van der Waals surface area contributed by atoms with E-state index in [9.17, 15) is 4.79 Å². The monoisotopic (exact) mass is 502 g/mol. The minimum atomic E-state index is -2.00. The molecule has 4 fully saturated rings. The van der Waals surface area contributed by atoms with Gasteiger partial charge in [0.2, 0.25) is 8.32 Å². The Kier molecular flexibility index (Phi) is 7.68. The van der Waals surface area contributed by atoms with E-state index < -0.39 is 8.32 Å². The SMILES string of the molecule is C=C(C)[C@@H]1[C@H]2C[C@@H](C)[C@]3(O[C@H]2OC)[C@@H]2CCC(=O)[C@@H]2CC(CO[Si](C(C)C)(C(C)C)C(C)C)=C[C@@H]13. The lowest BCUT2D eigenvalue weighted by molar-refractivity contribution is -0.344. The molecule has 2 saturated carbocycles. The summed E-state index contributed by atoms with van der Waals surface area (Å²) in [4.78, 5) is 13.3. The maximum atomic E-state index is 13.3. The number of ketones is 1. The minimum absolute atomic E-state index is 0.0310. The van der Waals surface area contributed by atoms with Gasteiger partial charge in [0.25, 0.3) is 0 Å². The molecule has 0 amide bonds. The maximum Gasteiger partial charge on any atom is 0.200 e. The van der Waals surface area contributed by atoms with E-state index in [4.69, 9.17) is 13.9 Å². The lowest BCUT2D eigenvalue weighted by Gasteiger charge is -2.63. The molecule has 0 N–H and O–H groups in total. The minimum Gasteiger partial charge on any atom is -0.412 e. The fraction of sp³-hybridized carbons (Fsp3) is 0.833. The van der Waals surface area contributed by atoms with E-state index in [1.165, 1.54) is 11.1 Å². The van der Waals surface area contributed by atoms with Crippen molar-refractivity contribution in [3.8, 4) is 0 Å². The molecular formula is C30H50O4Si. The first-order valence-electron chi connectivity index (χ1n) is 14.1. The second-order valence-electron chi connectivity index (χ2n) is 13.1. The van der Waals surface area contributed by atoms with Crippen LogP contribution in [0.4, 0.5) is 0 Å². The Morgan fingerprint density at radius 2 is 1.83 bits per heavy atom. The predicted octanol–water partition coefficient (Wildman–Crippen LogP) is 7.31. The molecule has 35 heavy (non-hydrogen) atoms. The molecule has 0 unspecified atom stereocenters. The van der Waals surface area contributed by atoms with Gasteiger partial charge in [-0.25, -0.2) is 0 Å². The molecule has 2 bridgehead atoms. The van der Waals surface area contributed by atoms with Crippen molar-refractivity contribution in [2.24, 2.45) is 35.5 Å². The zero-order valence-corrected chi connectivity index (χ0v) is 24.7. The van der Waals surface area contributed by atoms with E-state index in [0.717, 1.165) is 19.3 Å². The summed E-state index contributed by atoms with van der Waals surface area (Å²) in [5.74, 6) is 1.94. The lowest BCUT2D eigenvalue weighted by atomic mass is 9.51. The van der Waals surface area contributed by atoms with Crippen LogP contribution in [0.1, 0.15) is 81.1 Å². The number of Topliss-reactive ketones (excluding diaryl/α,β-unsaturated/α-hetero) is 1. The molecule has 5 heteroatoms. The van der Waals surface area contributed by atoms with Crippen molar-refractivity contribution < 1.29 is 18.7 Å². The molecule has 0 radical (unpaired) electrons. The van der Waals surface area contributed by atoms with E-state index in [-0.39, 0.29) is 29.6 Å². The smallest absolute Gasteiger partial charge is 0.200 e. The summed E-state index contributed by atoms with van der Waals surface area (Å²) in [6.07, 6.45) is 5.79. The number of methoxy groups -OCH3 is 1. The highest BCUT2D eigenvalue weighted by molar-refractivity contribution is 6.77. The number of hydrogen-bond donors (Lipinski definition) is 0. The van der Waals surface area contributed by atoms with Gasteiger partial charge in [0.15, 0.2) is 6.29 Å². The third-order valence-electron chi connectivity index (χ3n) is 10.5. The summed E-state index contributed by atoms with van der Waals surface area (Å²) in [5, 5.41) is 0. The third-order valence-corrected chi connectivity index (χ3v) is 16.6. The van der Waals surface area contributed by atoms with Crippen LogP contribution in [0, 0.1) is 35.5 Å². The van der Waals surface area contributed by atoms with Gasteiger partial charge < -0.3 is 13.9 Å². The molecule has 2 heterocycles. The summed E-state index contributed by atoms with van der Waals surface area (Å²) < 4.78 is 20.0. The number of carbonyl (C=O) groups excluding carboxylic acids is 1. The summed E-state index contributed by atoms with van der Waals surface area (Å²) in [5.41, 5.74) is 3.80. The van der Waals surface area contributed by atoms with Crippen molar-refractivity contribution in [1.82, 2.24) is 0 Å². The molecule has 198 valence electrons. The highest BCUT2D eigenvalue weighted by Crippen LogP contribution is 2.64. The molecule has 8 atom stereocenters. The maximum absolute atomic E-state index is 13.3. The number of rotatable bonds is 8. The van der Waals surface area contributed by atoms with Gasteiger partial charge in [-0.05, 0) is 66.1 Å². The van der Waals surface area contributed by atoms with Crippen LogP contribution in [-0.4, -0.2) is 39.7 Å². The van der Waals surface area contributed by atoms with Crippen molar-refractivity contribution >= 4 is 14.1 Å². The second-order valence-corrected chi connectivity index (χ2v) is 18.6. The molecule has 5 aliphatic rings. The van der Waals surface area contributed by atoms with Crippen LogP contribution >= 0.6 is 0 Å². The van der Waals surface area contributed by atoms with Crippen LogP contribution in [0.25, 0.3) is 0 Å². The summed E-state index contributed by atoms with van der Waals surface area (Å²) >= 11 is 0. The van der Waals surface area contributed by atoms with Crippen LogP contribution in [0.5, 0.6) is 0 Å². The molecular weight excluding hydrogens is 452 g/mol. The van der Waals surface area contributed by atoms with Gasteiger partial charge in [-0.15, -0.1) is 0 Å². The van der Waals surface area contributed by atoms with Crippen molar-refractivity contribution in [1.29, 1.82) is 0 Å². The molecule has 1 spiro atoms. The molecule has 0 aromatic carbocycles. The van der Waals surface area contributed by atoms with Crippen LogP contribution < -0.4 is 0 Å². The number of ether oxygens (including phenoxy) is 2. The first-order chi connectivity index (χ1) is 16.4. The van der Waals surface area contributed by atoms with E-state index in [0.29, 0.717) is 53.2 Å². The number of carbonyl (C=O) groups is 1. The Morgan fingerprint density at radius 1 is 1.20 bits per heavy atom. The normalized spacial score (nSPS) is 39.1. The Labute approximate surface area is 215 Å². The van der Waals surface area contributed by atoms with E-state index in [1.807, 2.05) is 0 Å². The fourth-order valence-corrected chi connectivity index (χ4v) is 14.8. The van der Waals surface area contributed by atoms with Crippen LogP contribution in [0.15, 0.2) is 23.8 Å². The van der Waals surface area contributed by atoms with Gasteiger partial charge in [0.05, 0.1) is 12.2 Å². The van der Waals surface area contributed by atoms with Crippen molar-refractivity contribution in [2.75, 3.05) is 13.7 Å². The standard InChI is InChI=1S/C30H50O4Si/c1-17(2)28-24-13-21(9)30(34-29(24)32-10)25-11-12-27(31)23(25)14-22(15-26(28)30)16-33-35(18(3)4,19(5)6)20(7)8/h15,18-21,23-26,28-29H,1,11-14,16H2,2-10H3/t21-,23-,24-,25-,26+,28-,29-,30+/m1/s1. The number of fused-ring (bicyclic) bond motifs is 3. The first-order valence-corrected chi connectivity index (χ1v) is 16.3. The Hall–Kier alpha value is -0.753. The molecule has 0 aromatic heterocycles. The zero-order chi connectivity index (χ0) is 25.9. The fourth-order valence-electron chi connectivity index (χ4n) is 9.34. The first kappa shape index (κ1) is 27.3. The highest BCUT2D eigenvalue weighted by Gasteiger charge is 2.67.